The molecule has 0 aliphatic rings. The summed E-state index contributed by atoms with van der Waals surface area (Å²) in [6.45, 7) is 8.17. The molecule has 16 heavy (non-hydrogen) atoms. The van der Waals surface area contributed by atoms with Gasteiger partial charge in [-0.15, -0.1) is 11.3 Å². The summed E-state index contributed by atoms with van der Waals surface area (Å²) in [6, 6.07) is 0.526. The molecule has 0 amide bonds. The van der Waals surface area contributed by atoms with Crippen LogP contribution in [0.4, 0.5) is 0 Å². The largest absolute Gasteiger partial charge is 0.385 e. The second-order valence-electron chi connectivity index (χ2n) is 4.25. The summed E-state index contributed by atoms with van der Waals surface area (Å²) in [4.78, 5) is 5.95. The van der Waals surface area contributed by atoms with E-state index in [1.165, 1.54) is 15.6 Å². The van der Waals surface area contributed by atoms with Crippen LogP contribution in [0.3, 0.4) is 0 Å². The molecule has 1 aromatic heterocycles. The minimum absolute atomic E-state index is 0.526. The molecule has 0 atom stereocenters. The van der Waals surface area contributed by atoms with Crippen LogP contribution in [-0.2, 0) is 17.7 Å². The summed E-state index contributed by atoms with van der Waals surface area (Å²) in [6.07, 6.45) is 2.08. The summed E-state index contributed by atoms with van der Waals surface area (Å²) in [7, 11) is 1.74. The number of ether oxygens (including phenoxy) is 1. The van der Waals surface area contributed by atoms with Crippen LogP contribution in [0.2, 0.25) is 0 Å². The van der Waals surface area contributed by atoms with E-state index in [-0.39, 0.29) is 0 Å². The Morgan fingerprint density at radius 1 is 1.44 bits per heavy atom. The Labute approximate surface area is 102 Å². The van der Waals surface area contributed by atoms with Crippen molar-refractivity contribution in [2.24, 2.45) is 0 Å². The van der Waals surface area contributed by atoms with Gasteiger partial charge in [-0.3, -0.25) is 0 Å². The summed E-state index contributed by atoms with van der Waals surface area (Å²) < 4.78 is 5.04. The molecular formula is C12H22N2OS. The Morgan fingerprint density at radius 2 is 2.19 bits per heavy atom. The molecule has 4 heteroatoms. The van der Waals surface area contributed by atoms with Gasteiger partial charge in [0, 0.05) is 37.6 Å². The van der Waals surface area contributed by atoms with E-state index >= 15 is 0 Å². The Kier molecular flexibility index (Phi) is 5.95. The third kappa shape index (κ3) is 4.60. The van der Waals surface area contributed by atoms with Crippen LogP contribution >= 0.6 is 11.3 Å². The Balaban J connectivity index is 2.46. The molecule has 0 aliphatic heterocycles. The van der Waals surface area contributed by atoms with Crippen molar-refractivity contribution in [2.45, 2.75) is 46.2 Å². The van der Waals surface area contributed by atoms with Crippen LogP contribution in [0.5, 0.6) is 0 Å². The highest BCUT2D eigenvalue weighted by atomic mass is 32.1. The van der Waals surface area contributed by atoms with Crippen LogP contribution in [0.1, 0.15) is 35.8 Å². The van der Waals surface area contributed by atoms with Crippen molar-refractivity contribution in [3.63, 3.8) is 0 Å². The molecule has 3 nitrogen and oxygen atoms in total. The van der Waals surface area contributed by atoms with E-state index in [0.717, 1.165) is 26.0 Å². The van der Waals surface area contributed by atoms with E-state index in [1.54, 1.807) is 7.11 Å². The van der Waals surface area contributed by atoms with Gasteiger partial charge in [-0.25, -0.2) is 4.98 Å². The molecule has 0 aromatic carbocycles. The van der Waals surface area contributed by atoms with Crippen molar-refractivity contribution < 1.29 is 4.74 Å². The lowest BCUT2D eigenvalue weighted by Crippen LogP contribution is -2.21. The molecular weight excluding hydrogens is 220 g/mol. The van der Waals surface area contributed by atoms with Gasteiger partial charge >= 0.3 is 0 Å². The minimum atomic E-state index is 0.526. The quantitative estimate of drug-likeness (QED) is 0.746. The SMILES string of the molecule is COCCCc1nc(C)c(CNC(C)C)s1. The van der Waals surface area contributed by atoms with E-state index < -0.39 is 0 Å². The molecule has 0 radical (unpaired) electrons. The van der Waals surface area contributed by atoms with Crippen molar-refractivity contribution in [1.29, 1.82) is 0 Å². The van der Waals surface area contributed by atoms with Gasteiger partial charge in [0.05, 0.1) is 10.7 Å². The highest BCUT2D eigenvalue weighted by Crippen LogP contribution is 2.19. The van der Waals surface area contributed by atoms with Gasteiger partial charge in [0.15, 0.2) is 0 Å². The van der Waals surface area contributed by atoms with E-state index in [2.05, 4.69) is 31.1 Å². The summed E-state index contributed by atoms with van der Waals surface area (Å²) in [5, 5.41) is 4.66. The first-order valence-electron chi connectivity index (χ1n) is 5.81. The molecule has 0 unspecified atom stereocenters. The average Bonchev–Trinajstić information content (AvgIpc) is 2.57. The van der Waals surface area contributed by atoms with E-state index in [9.17, 15) is 0 Å². The summed E-state index contributed by atoms with van der Waals surface area (Å²) in [5.41, 5.74) is 1.17. The number of nitrogens with zero attached hydrogens (tertiary/aromatic N) is 1. The Bertz CT molecular complexity index is 310. The molecule has 1 heterocycles. The smallest absolute Gasteiger partial charge is 0.0932 e. The fourth-order valence-corrected chi connectivity index (χ4v) is 2.49. The summed E-state index contributed by atoms with van der Waals surface area (Å²) in [5.74, 6) is 0. The van der Waals surface area contributed by atoms with Crippen LogP contribution in [0.25, 0.3) is 0 Å². The predicted molar refractivity (Wildman–Crippen MR) is 69.0 cm³/mol. The monoisotopic (exact) mass is 242 g/mol. The highest BCUT2D eigenvalue weighted by Gasteiger charge is 2.07. The van der Waals surface area contributed by atoms with Gasteiger partial charge in [0.25, 0.3) is 0 Å². The first kappa shape index (κ1) is 13.6. The van der Waals surface area contributed by atoms with Crippen molar-refractivity contribution in [2.75, 3.05) is 13.7 Å². The number of nitrogens with one attached hydrogen (secondary N) is 1. The van der Waals surface area contributed by atoms with Crippen molar-refractivity contribution >= 4 is 11.3 Å². The van der Waals surface area contributed by atoms with Crippen LogP contribution in [0.15, 0.2) is 0 Å². The van der Waals surface area contributed by atoms with Gasteiger partial charge in [0.1, 0.15) is 0 Å². The number of hydrogen-bond donors (Lipinski definition) is 1. The second kappa shape index (κ2) is 6.99. The standard InChI is InChI=1S/C12H22N2OS/c1-9(2)13-8-11-10(3)14-12(16-11)6-5-7-15-4/h9,13H,5-8H2,1-4H3. The van der Waals surface area contributed by atoms with Gasteiger partial charge in [-0.05, 0) is 13.3 Å². The maximum atomic E-state index is 5.04. The minimum Gasteiger partial charge on any atom is -0.385 e. The zero-order chi connectivity index (χ0) is 12.0. The Hall–Kier alpha value is -0.450. The van der Waals surface area contributed by atoms with E-state index in [0.29, 0.717) is 6.04 Å². The molecule has 1 aromatic rings. The Morgan fingerprint density at radius 3 is 2.81 bits per heavy atom. The zero-order valence-electron chi connectivity index (χ0n) is 10.7. The first-order valence-corrected chi connectivity index (χ1v) is 6.62. The van der Waals surface area contributed by atoms with Gasteiger partial charge in [-0.2, -0.15) is 0 Å². The lowest BCUT2D eigenvalue weighted by Gasteiger charge is -2.05. The lowest BCUT2D eigenvalue weighted by atomic mass is 10.3. The average molecular weight is 242 g/mol. The topological polar surface area (TPSA) is 34.1 Å². The van der Waals surface area contributed by atoms with E-state index in [4.69, 9.17) is 4.74 Å². The maximum Gasteiger partial charge on any atom is 0.0932 e. The van der Waals surface area contributed by atoms with Crippen molar-refractivity contribution in [3.05, 3.63) is 15.6 Å². The van der Waals surface area contributed by atoms with Gasteiger partial charge < -0.3 is 10.1 Å². The van der Waals surface area contributed by atoms with Gasteiger partial charge in [-0.1, -0.05) is 13.8 Å². The molecule has 0 saturated heterocycles. The molecule has 1 rings (SSSR count). The molecule has 0 bridgehead atoms. The van der Waals surface area contributed by atoms with Crippen molar-refractivity contribution in [1.82, 2.24) is 10.3 Å². The van der Waals surface area contributed by atoms with Crippen LogP contribution in [-0.4, -0.2) is 24.7 Å². The zero-order valence-corrected chi connectivity index (χ0v) is 11.5. The highest BCUT2D eigenvalue weighted by molar-refractivity contribution is 7.11. The van der Waals surface area contributed by atoms with Gasteiger partial charge in [0.2, 0.25) is 0 Å². The fourth-order valence-electron chi connectivity index (χ4n) is 1.42. The number of hydrogen-bond acceptors (Lipinski definition) is 4. The molecule has 0 spiro atoms. The van der Waals surface area contributed by atoms with Crippen LogP contribution < -0.4 is 5.32 Å². The summed E-state index contributed by atoms with van der Waals surface area (Å²) >= 11 is 1.82. The predicted octanol–water partition coefficient (Wildman–Crippen LogP) is 2.53. The molecule has 0 fully saturated rings. The maximum absolute atomic E-state index is 5.04. The number of rotatable bonds is 7. The van der Waals surface area contributed by atoms with Crippen molar-refractivity contribution in [3.8, 4) is 0 Å². The first-order chi connectivity index (χ1) is 7.63. The molecule has 1 N–H and O–H groups in total. The number of methoxy groups -OCH3 is 1. The number of thiazole rings is 1. The van der Waals surface area contributed by atoms with Crippen LogP contribution in [0, 0.1) is 6.92 Å². The number of aromatic nitrogens is 1. The second-order valence-corrected chi connectivity index (χ2v) is 5.42. The van der Waals surface area contributed by atoms with E-state index in [1.807, 2.05) is 11.3 Å². The normalized spacial score (nSPS) is 11.3. The lowest BCUT2D eigenvalue weighted by molar-refractivity contribution is 0.195. The molecule has 92 valence electrons. The number of aryl methyl sites for hydroxylation is 2. The molecule has 0 saturated carbocycles. The third-order valence-corrected chi connectivity index (χ3v) is 3.56. The third-order valence-electron chi connectivity index (χ3n) is 2.35. The fraction of sp³-hybridized carbons (Fsp3) is 0.750. The molecule has 0 aliphatic carbocycles.